The summed E-state index contributed by atoms with van der Waals surface area (Å²) in [6.45, 7) is 15.5. The second-order valence-electron chi connectivity index (χ2n) is 11.0. The van der Waals surface area contributed by atoms with Crippen LogP contribution in [0.15, 0.2) is 0 Å². The predicted molar refractivity (Wildman–Crippen MR) is 157 cm³/mol. The van der Waals surface area contributed by atoms with E-state index in [2.05, 4.69) is 42.3 Å². The van der Waals surface area contributed by atoms with Crippen LogP contribution in [0.2, 0.25) is 0 Å². The van der Waals surface area contributed by atoms with E-state index in [1.807, 2.05) is 0 Å². The molecule has 2 rings (SSSR count). The SMILES string of the molecule is Br.CC(=O)SCC[N+]1(C)CC[N+](C)(C)CC1.CC(=O)SCC[N+]1(C)CC[N+](C)(C)CC1.I. The number of hydrogen-bond acceptors (Lipinski definition) is 4. The molecule has 2 fully saturated rings. The highest BCUT2D eigenvalue weighted by atomic mass is 127. The standard InChI is InChI=1S/2C11H24N2OS.BrH.HI/c2*1-11(14)15-10-9-13(4)7-5-12(2,3)6-8-13;;/h2*5-10H2,1-4H3;2*1H/q2*+2;;. The molecule has 10 heteroatoms. The number of thioether (sulfide) groups is 2. The molecule has 0 spiro atoms. The number of likely N-dealkylation sites (N-methyl/N-ethyl adjacent to an activating group) is 4. The first kappa shape index (κ1) is 35.3. The van der Waals surface area contributed by atoms with Gasteiger partial charge in [-0.25, -0.2) is 0 Å². The molecular formula is C22H50BrIN4O2S2+4. The Balaban J connectivity index is 0. The number of piperazine rings is 2. The molecule has 2 aliphatic heterocycles. The molecule has 0 aromatic heterocycles. The molecule has 192 valence electrons. The van der Waals surface area contributed by atoms with Crippen LogP contribution in [0, 0.1) is 0 Å². The maximum absolute atomic E-state index is 10.8. The Morgan fingerprint density at radius 1 is 0.594 bits per heavy atom. The molecule has 2 heterocycles. The molecule has 0 unspecified atom stereocenters. The highest BCUT2D eigenvalue weighted by molar-refractivity contribution is 14.0. The molecule has 0 aromatic rings. The van der Waals surface area contributed by atoms with Gasteiger partial charge in [0.05, 0.1) is 66.9 Å². The van der Waals surface area contributed by atoms with Crippen LogP contribution in [0.1, 0.15) is 13.8 Å². The van der Waals surface area contributed by atoms with Crippen molar-refractivity contribution in [2.75, 3.05) is 119 Å². The van der Waals surface area contributed by atoms with Crippen LogP contribution < -0.4 is 0 Å². The van der Waals surface area contributed by atoms with E-state index in [-0.39, 0.29) is 51.2 Å². The minimum Gasteiger partial charge on any atom is -0.319 e. The minimum atomic E-state index is 0. The summed E-state index contributed by atoms with van der Waals surface area (Å²) in [6, 6.07) is 0. The summed E-state index contributed by atoms with van der Waals surface area (Å²) in [4.78, 5) is 21.7. The summed E-state index contributed by atoms with van der Waals surface area (Å²) in [5, 5.41) is 0.490. The van der Waals surface area contributed by atoms with Crippen molar-refractivity contribution in [1.29, 1.82) is 0 Å². The van der Waals surface area contributed by atoms with E-state index < -0.39 is 0 Å². The summed E-state index contributed by atoms with van der Waals surface area (Å²) < 4.78 is 4.57. The van der Waals surface area contributed by atoms with E-state index in [1.165, 1.54) is 75.9 Å². The second kappa shape index (κ2) is 15.3. The number of hydrogen-bond donors (Lipinski definition) is 0. The van der Waals surface area contributed by atoms with Crippen LogP contribution >= 0.6 is 64.5 Å². The molecule has 0 radical (unpaired) electrons. The third kappa shape index (κ3) is 15.2. The Hall–Kier alpha value is 1.09. The Morgan fingerprint density at radius 2 is 0.844 bits per heavy atom. The fourth-order valence-electron chi connectivity index (χ4n) is 3.76. The Morgan fingerprint density at radius 3 is 1.06 bits per heavy atom. The van der Waals surface area contributed by atoms with E-state index >= 15 is 0 Å². The van der Waals surface area contributed by atoms with Crippen molar-refractivity contribution in [1.82, 2.24) is 0 Å². The summed E-state index contributed by atoms with van der Waals surface area (Å²) in [7, 11) is 13.8. The van der Waals surface area contributed by atoms with Gasteiger partial charge in [0.2, 0.25) is 0 Å². The van der Waals surface area contributed by atoms with Crippen LogP contribution in [0.4, 0.5) is 0 Å². The molecule has 0 N–H and O–H groups in total. The normalized spacial score (nSPS) is 22.2. The highest BCUT2D eigenvalue weighted by Gasteiger charge is 2.34. The van der Waals surface area contributed by atoms with Gasteiger partial charge in [-0.1, -0.05) is 23.5 Å². The first-order valence-corrected chi connectivity index (χ1v) is 13.2. The van der Waals surface area contributed by atoms with Gasteiger partial charge in [0, 0.05) is 13.8 Å². The molecular weight excluding hydrogens is 623 g/mol. The molecule has 6 nitrogen and oxygen atoms in total. The van der Waals surface area contributed by atoms with E-state index in [1.54, 1.807) is 13.8 Å². The number of rotatable bonds is 6. The van der Waals surface area contributed by atoms with Gasteiger partial charge >= 0.3 is 0 Å². The van der Waals surface area contributed by atoms with Crippen LogP contribution in [-0.4, -0.2) is 147 Å². The smallest absolute Gasteiger partial charge is 0.186 e. The number of carbonyl (C=O) groups is 2. The first-order chi connectivity index (χ1) is 13.7. The van der Waals surface area contributed by atoms with Gasteiger partial charge in [-0.05, 0) is 0 Å². The quantitative estimate of drug-likeness (QED) is 0.321. The Bertz CT molecular complexity index is 524. The van der Waals surface area contributed by atoms with Gasteiger partial charge in [-0.15, -0.1) is 41.0 Å². The average Bonchev–Trinajstić information content (AvgIpc) is 2.61. The van der Waals surface area contributed by atoms with Gasteiger partial charge < -0.3 is 17.9 Å². The lowest BCUT2D eigenvalue weighted by atomic mass is 10.2. The molecule has 32 heavy (non-hydrogen) atoms. The van der Waals surface area contributed by atoms with E-state index in [0.29, 0.717) is 0 Å². The van der Waals surface area contributed by atoms with Gasteiger partial charge in [0.1, 0.15) is 52.4 Å². The minimum absolute atomic E-state index is 0. The van der Waals surface area contributed by atoms with Crippen LogP contribution in [-0.2, 0) is 9.59 Å². The van der Waals surface area contributed by atoms with E-state index in [9.17, 15) is 9.59 Å². The molecule has 0 atom stereocenters. The third-order valence-corrected chi connectivity index (χ3v) is 8.44. The lowest BCUT2D eigenvalue weighted by Gasteiger charge is -2.44. The summed E-state index contributed by atoms with van der Waals surface area (Å²) >= 11 is 2.93. The molecule has 0 aliphatic carbocycles. The lowest BCUT2D eigenvalue weighted by molar-refractivity contribution is -1.01. The van der Waals surface area contributed by atoms with Crippen LogP contribution in [0.25, 0.3) is 0 Å². The van der Waals surface area contributed by atoms with E-state index in [0.717, 1.165) is 42.5 Å². The van der Waals surface area contributed by atoms with Crippen molar-refractivity contribution in [3.63, 3.8) is 0 Å². The number of nitrogens with zero attached hydrogens (tertiary/aromatic N) is 4. The van der Waals surface area contributed by atoms with Crippen molar-refractivity contribution >= 4 is 74.7 Å². The zero-order valence-electron chi connectivity index (χ0n) is 21.7. The number of halogens is 2. The predicted octanol–water partition coefficient (Wildman–Crippen LogP) is 2.80. The number of quaternary nitrogens is 4. The highest BCUT2D eigenvalue weighted by Crippen LogP contribution is 2.16. The fourth-order valence-corrected chi connectivity index (χ4v) is 5.40. The topological polar surface area (TPSA) is 34.1 Å². The monoisotopic (exact) mass is 672 g/mol. The molecule has 0 amide bonds. The second-order valence-corrected chi connectivity index (χ2v) is 13.6. The summed E-state index contributed by atoms with van der Waals surface area (Å²) in [6.07, 6.45) is 0. The largest absolute Gasteiger partial charge is 0.319 e. The number of carbonyl (C=O) groups excluding carboxylic acids is 2. The van der Waals surface area contributed by atoms with Crippen molar-refractivity contribution in [2.24, 2.45) is 0 Å². The zero-order valence-corrected chi connectivity index (χ0v) is 27.4. The molecule has 0 aromatic carbocycles. The van der Waals surface area contributed by atoms with Crippen molar-refractivity contribution < 1.29 is 27.5 Å². The third-order valence-electron chi connectivity index (χ3n) is 6.85. The summed E-state index contributed by atoms with van der Waals surface area (Å²) in [5.74, 6) is 1.94. The molecule has 2 saturated heterocycles. The Labute approximate surface area is 234 Å². The molecule has 0 bridgehead atoms. The van der Waals surface area contributed by atoms with Crippen LogP contribution in [0.5, 0.6) is 0 Å². The van der Waals surface area contributed by atoms with Crippen molar-refractivity contribution in [2.45, 2.75) is 13.8 Å². The maximum atomic E-state index is 10.8. The van der Waals surface area contributed by atoms with Gasteiger partial charge in [0.25, 0.3) is 0 Å². The lowest BCUT2D eigenvalue weighted by Crippen LogP contribution is -2.62. The Kier molecular flexibility index (Phi) is 16.8. The molecule has 2 aliphatic rings. The van der Waals surface area contributed by atoms with Crippen molar-refractivity contribution in [3.8, 4) is 0 Å². The zero-order chi connectivity index (χ0) is 23.1. The maximum Gasteiger partial charge on any atom is 0.186 e. The first-order valence-electron chi connectivity index (χ1n) is 11.2. The average molecular weight is 674 g/mol. The van der Waals surface area contributed by atoms with E-state index in [4.69, 9.17) is 0 Å². The molecule has 0 saturated carbocycles. The van der Waals surface area contributed by atoms with Crippen molar-refractivity contribution in [3.05, 3.63) is 0 Å². The van der Waals surface area contributed by atoms with Gasteiger partial charge in [-0.3, -0.25) is 9.59 Å². The van der Waals surface area contributed by atoms with Gasteiger partial charge in [0.15, 0.2) is 10.2 Å². The summed E-state index contributed by atoms with van der Waals surface area (Å²) in [5.41, 5.74) is 0. The van der Waals surface area contributed by atoms with Crippen LogP contribution in [0.3, 0.4) is 0 Å². The fraction of sp³-hybridized carbons (Fsp3) is 0.909. The van der Waals surface area contributed by atoms with Gasteiger partial charge in [-0.2, -0.15) is 0 Å².